The zero-order valence-electron chi connectivity index (χ0n) is 15.2. The maximum atomic E-state index is 13.8. The Morgan fingerprint density at radius 2 is 2.10 bits per heavy atom. The van der Waals surface area contributed by atoms with Crippen molar-refractivity contribution in [1.82, 2.24) is 4.57 Å². The van der Waals surface area contributed by atoms with E-state index in [-0.39, 0.29) is 21.7 Å². The summed E-state index contributed by atoms with van der Waals surface area (Å²) >= 11 is 1.15. The van der Waals surface area contributed by atoms with Crippen LogP contribution in [0.1, 0.15) is 30.5 Å². The molecule has 2 unspecified atom stereocenters. The van der Waals surface area contributed by atoms with Crippen LogP contribution in [-0.4, -0.2) is 16.2 Å². The number of hydrogen-bond donors (Lipinski definition) is 1. The Balaban J connectivity index is 1.70. The number of carbonyl (C=O) groups excluding carboxylic acids is 1. The van der Waals surface area contributed by atoms with E-state index in [9.17, 15) is 14.0 Å². The Labute approximate surface area is 167 Å². The fourth-order valence-corrected chi connectivity index (χ4v) is 5.57. The van der Waals surface area contributed by atoms with E-state index in [2.05, 4.69) is 10.3 Å². The van der Waals surface area contributed by atoms with E-state index in [0.717, 1.165) is 16.9 Å². The lowest BCUT2D eigenvalue weighted by Crippen LogP contribution is -2.49. The van der Waals surface area contributed by atoms with Crippen LogP contribution in [0.4, 0.5) is 10.1 Å². The maximum Gasteiger partial charge on any atom is 0.271 e. The molecule has 1 N–H and O–H groups in total. The molecule has 1 amide bonds. The molecule has 0 aliphatic carbocycles. The van der Waals surface area contributed by atoms with Crippen LogP contribution in [0.15, 0.2) is 52.3 Å². The fourth-order valence-electron chi connectivity index (χ4n) is 4.35. The standard InChI is InChI=1S/C21H14FN3O3S/c1-21-9-14(11-4-2-3-5-15(11)28-21)25-19(27)17(29-20(25)24-21)16-12-8-10(22)6-7-13(12)23-18(16)26/h2-8,14H,9H2,1H3,(H,23,26)/b17-16-. The molecule has 0 saturated heterocycles. The monoisotopic (exact) mass is 407 g/mol. The molecule has 144 valence electrons. The van der Waals surface area contributed by atoms with Gasteiger partial charge in [0, 0.05) is 23.2 Å². The molecule has 2 atom stereocenters. The van der Waals surface area contributed by atoms with Crippen LogP contribution < -0.4 is 24.9 Å². The molecule has 6 rings (SSSR count). The van der Waals surface area contributed by atoms with Crippen molar-refractivity contribution < 1.29 is 13.9 Å². The van der Waals surface area contributed by atoms with Gasteiger partial charge in [0.1, 0.15) is 16.1 Å². The molecule has 6 nitrogen and oxygen atoms in total. The molecule has 0 saturated carbocycles. The minimum absolute atomic E-state index is 0.195. The first-order chi connectivity index (χ1) is 13.9. The topological polar surface area (TPSA) is 72.7 Å². The van der Waals surface area contributed by atoms with Crippen LogP contribution in [0, 0.1) is 5.82 Å². The number of para-hydroxylation sites is 1. The Morgan fingerprint density at radius 1 is 1.28 bits per heavy atom. The summed E-state index contributed by atoms with van der Waals surface area (Å²) in [6.07, 6.45) is 0.528. The average molecular weight is 407 g/mol. The first kappa shape index (κ1) is 16.7. The van der Waals surface area contributed by atoms with Gasteiger partial charge in [-0.25, -0.2) is 9.38 Å². The molecule has 3 aliphatic heterocycles. The van der Waals surface area contributed by atoms with E-state index in [0.29, 0.717) is 28.2 Å². The number of thiazole rings is 1. The maximum absolute atomic E-state index is 13.8. The summed E-state index contributed by atoms with van der Waals surface area (Å²) in [5, 5.41) is 2.71. The molecule has 0 spiro atoms. The SMILES string of the molecule is CC12CC(c3ccccc3O1)n1c(s/c(=C3\C(=O)Nc4ccc(F)cc43)c1=O)=N2. The second-order valence-corrected chi connectivity index (χ2v) is 8.53. The summed E-state index contributed by atoms with van der Waals surface area (Å²) in [7, 11) is 0. The molecule has 0 radical (unpaired) electrons. The van der Waals surface area contributed by atoms with Gasteiger partial charge in [-0.3, -0.25) is 14.2 Å². The second-order valence-electron chi connectivity index (χ2n) is 7.55. The summed E-state index contributed by atoms with van der Waals surface area (Å²) in [6.45, 7) is 1.89. The van der Waals surface area contributed by atoms with E-state index in [4.69, 9.17) is 4.74 Å². The Morgan fingerprint density at radius 3 is 2.97 bits per heavy atom. The highest BCUT2D eigenvalue weighted by atomic mass is 32.1. The van der Waals surface area contributed by atoms with Crippen molar-refractivity contribution in [2.45, 2.75) is 25.1 Å². The summed E-state index contributed by atoms with van der Waals surface area (Å²) in [6, 6.07) is 11.4. The smallest absolute Gasteiger partial charge is 0.271 e. The van der Waals surface area contributed by atoms with Crippen LogP contribution in [0.3, 0.4) is 0 Å². The minimum atomic E-state index is -0.778. The van der Waals surface area contributed by atoms with Crippen LogP contribution in [0.25, 0.3) is 5.57 Å². The molecule has 4 heterocycles. The van der Waals surface area contributed by atoms with Crippen molar-refractivity contribution in [3.8, 4) is 5.75 Å². The van der Waals surface area contributed by atoms with Crippen molar-refractivity contribution >= 4 is 28.5 Å². The summed E-state index contributed by atoms with van der Waals surface area (Å²) < 4.78 is 21.8. The van der Waals surface area contributed by atoms with Crippen molar-refractivity contribution in [3.63, 3.8) is 0 Å². The van der Waals surface area contributed by atoms with Gasteiger partial charge in [-0.05, 0) is 31.2 Å². The van der Waals surface area contributed by atoms with Gasteiger partial charge in [0.05, 0.1) is 11.6 Å². The molecule has 0 fully saturated rings. The molecule has 3 aromatic rings. The first-order valence-electron chi connectivity index (χ1n) is 9.18. The normalized spacial score (nSPS) is 25.3. The molecule has 1 aromatic heterocycles. The van der Waals surface area contributed by atoms with Crippen LogP contribution in [0.5, 0.6) is 5.75 Å². The van der Waals surface area contributed by atoms with Crippen molar-refractivity contribution in [1.29, 1.82) is 0 Å². The number of carbonyl (C=O) groups is 1. The van der Waals surface area contributed by atoms with Gasteiger partial charge in [0.25, 0.3) is 11.5 Å². The van der Waals surface area contributed by atoms with Crippen molar-refractivity contribution in [2.75, 3.05) is 5.32 Å². The number of nitrogens with one attached hydrogen (secondary N) is 1. The number of amides is 1. The number of aromatic nitrogens is 1. The predicted octanol–water partition coefficient (Wildman–Crippen LogP) is 1.92. The molecule has 29 heavy (non-hydrogen) atoms. The van der Waals surface area contributed by atoms with Crippen LogP contribution >= 0.6 is 11.3 Å². The lowest BCUT2D eigenvalue weighted by Gasteiger charge is -2.39. The predicted molar refractivity (Wildman–Crippen MR) is 105 cm³/mol. The quantitative estimate of drug-likeness (QED) is 0.619. The average Bonchev–Trinajstić information content (AvgIpc) is 3.16. The second kappa shape index (κ2) is 5.42. The zero-order valence-corrected chi connectivity index (χ0v) is 16.0. The molecular formula is C21H14FN3O3S. The fraction of sp³-hybridized carbons (Fsp3) is 0.190. The van der Waals surface area contributed by atoms with E-state index in [1.165, 1.54) is 18.2 Å². The molecular weight excluding hydrogens is 393 g/mol. The van der Waals surface area contributed by atoms with Gasteiger partial charge in [-0.2, -0.15) is 0 Å². The third-order valence-corrected chi connectivity index (χ3v) is 6.64. The summed E-state index contributed by atoms with van der Waals surface area (Å²) in [5.74, 6) is -0.165. The zero-order chi connectivity index (χ0) is 19.9. The highest BCUT2D eigenvalue weighted by Gasteiger charge is 2.42. The number of fused-ring (bicyclic) bond motifs is 7. The number of anilines is 1. The lowest BCUT2D eigenvalue weighted by molar-refractivity contribution is -0.110. The third kappa shape index (κ3) is 2.23. The first-order valence-corrected chi connectivity index (χ1v) is 10.00. The number of benzene rings is 2. The highest BCUT2D eigenvalue weighted by molar-refractivity contribution is 7.07. The molecule has 8 heteroatoms. The lowest BCUT2D eigenvalue weighted by atomic mass is 9.92. The van der Waals surface area contributed by atoms with Gasteiger partial charge in [-0.1, -0.05) is 29.5 Å². The minimum Gasteiger partial charge on any atom is -0.466 e. The van der Waals surface area contributed by atoms with Crippen LogP contribution in [-0.2, 0) is 4.79 Å². The molecule has 2 aromatic carbocycles. The Hall–Kier alpha value is -3.26. The number of hydrogen-bond acceptors (Lipinski definition) is 5. The van der Waals surface area contributed by atoms with E-state index in [1.807, 2.05) is 31.2 Å². The van der Waals surface area contributed by atoms with Gasteiger partial charge in [0.15, 0.2) is 4.80 Å². The number of ether oxygens (including phenoxy) is 1. The number of nitrogens with zero attached hydrogens (tertiary/aromatic N) is 2. The number of halogens is 1. The Bertz CT molecular complexity index is 1420. The van der Waals surface area contributed by atoms with Crippen molar-refractivity contribution in [3.05, 3.63) is 79.1 Å². The molecule has 2 bridgehead atoms. The van der Waals surface area contributed by atoms with E-state index >= 15 is 0 Å². The summed E-state index contributed by atoms with van der Waals surface area (Å²) in [5.41, 5.74) is 0.941. The summed E-state index contributed by atoms with van der Waals surface area (Å²) in [4.78, 5) is 31.3. The number of rotatable bonds is 0. The van der Waals surface area contributed by atoms with Crippen molar-refractivity contribution in [2.24, 2.45) is 4.99 Å². The van der Waals surface area contributed by atoms with Crippen LogP contribution in [0.2, 0.25) is 0 Å². The van der Waals surface area contributed by atoms with Gasteiger partial charge < -0.3 is 10.1 Å². The largest absolute Gasteiger partial charge is 0.466 e. The van der Waals surface area contributed by atoms with E-state index in [1.54, 1.807) is 4.57 Å². The van der Waals surface area contributed by atoms with Gasteiger partial charge >= 0.3 is 0 Å². The molecule has 3 aliphatic rings. The van der Waals surface area contributed by atoms with Gasteiger partial charge in [0.2, 0.25) is 5.72 Å². The van der Waals surface area contributed by atoms with E-state index < -0.39 is 17.4 Å². The van der Waals surface area contributed by atoms with Gasteiger partial charge in [-0.15, -0.1) is 0 Å². The Kier molecular flexibility index (Phi) is 3.11. The third-order valence-electron chi connectivity index (χ3n) is 5.59. The highest BCUT2D eigenvalue weighted by Crippen LogP contribution is 2.42.